The van der Waals surface area contributed by atoms with Crippen molar-refractivity contribution in [1.82, 2.24) is 14.7 Å². The largest absolute Gasteiger partial charge is 0.343 e. The van der Waals surface area contributed by atoms with Crippen molar-refractivity contribution in [2.24, 2.45) is 0 Å². The molecule has 1 aliphatic heterocycles. The van der Waals surface area contributed by atoms with Crippen LogP contribution in [0.2, 0.25) is 0 Å². The Kier molecular flexibility index (Phi) is 5.71. The number of rotatable bonds is 5. The molecule has 1 fully saturated rings. The van der Waals surface area contributed by atoms with Crippen molar-refractivity contribution in [3.63, 3.8) is 0 Å². The molecule has 0 spiro atoms. The summed E-state index contributed by atoms with van der Waals surface area (Å²) in [7, 11) is -3.92. The molecule has 21 heavy (non-hydrogen) atoms. The Morgan fingerprint density at radius 2 is 1.71 bits per heavy atom. The molecular formula is C12H23N3O5S. The van der Waals surface area contributed by atoms with Gasteiger partial charge in [-0.2, -0.15) is 0 Å². The van der Waals surface area contributed by atoms with E-state index in [4.69, 9.17) is 5.21 Å². The van der Waals surface area contributed by atoms with Crippen molar-refractivity contribution in [3.05, 3.63) is 0 Å². The van der Waals surface area contributed by atoms with E-state index in [-0.39, 0.29) is 44.9 Å². The summed E-state index contributed by atoms with van der Waals surface area (Å²) >= 11 is 0. The van der Waals surface area contributed by atoms with E-state index >= 15 is 0 Å². The van der Waals surface area contributed by atoms with Gasteiger partial charge in [-0.25, -0.2) is 18.2 Å². The average molecular weight is 321 g/mol. The predicted molar refractivity (Wildman–Crippen MR) is 76.0 cm³/mol. The van der Waals surface area contributed by atoms with Gasteiger partial charge in [0.15, 0.2) is 4.75 Å². The number of hydrogen-bond donors (Lipinski definition) is 2. The molecule has 0 aromatic carbocycles. The van der Waals surface area contributed by atoms with Crippen molar-refractivity contribution in [3.8, 4) is 0 Å². The standard InChI is InChI=1S/C12H23N3O5S/c1-4-15(5-2)21(19,20)12(11(17)13-18)6-8-14(9-7-12)10(3)16/h18H,4-9H2,1-3H3,(H,13,17). The third-order valence-electron chi connectivity index (χ3n) is 4.07. The quantitative estimate of drug-likeness (QED) is 0.526. The lowest BCUT2D eigenvalue weighted by Crippen LogP contribution is -2.61. The fourth-order valence-electron chi connectivity index (χ4n) is 2.70. The van der Waals surface area contributed by atoms with Gasteiger partial charge in [0, 0.05) is 33.1 Å². The van der Waals surface area contributed by atoms with Crippen molar-refractivity contribution in [2.45, 2.75) is 38.4 Å². The van der Waals surface area contributed by atoms with Gasteiger partial charge in [0.25, 0.3) is 5.91 Å². The normalized spacial score (nSPS) is 18.6. The number of carbonyl (C=O) groups is 2. The molecule has 0 bridgehead atoms. The van der Waals surface area contributed by atoms with Crippen LogP contribution in [0.4, 0.5) is 0 Å². The van der Waals surface area contributed by atoms with Gasteiger partial charge in [-0.3, -0.25) is 14.8 Å². The zero-order chi connectivity index (χ0) is 16.3. The fourth-order valence-corrected chi connectivity index (χ4v) is 4.85. The van der Waals surface area contributed by atoms with Crippen molar-refractivity contribution in [2.75, 3.05) is 26.2 Å². The molecule has 1 rings (SSSR count). The smallest absolute Gasteiger partial charge is 0.266 e. The summed E-state index contributed by atoms with van der Waals surface area (Å²) in [5.41, 5.74) is 1.48. The van der Waals surface area contributed by atoms with E-state index in [0.717, 1.165) is 0 Å². The minimum atomic E-state index is -3.92. The Hall–Kier alpha value is -1.19. The highest BCUT2D eigenvalue weighted by Gasteiger charge is 2.54. The molecule has 0 aliphatic carbocycles. The minimum Gasteiger partial charge on any atom is -0.343 e. The van der Waals surface area contributed by atoms with Gasteiger partial charge in [0.05, 0.1) is 0 Å². The molecule has 0 atom stereocenters. The summed E-state index contributed by atoms with van der Waals surface area (Å²) in [6.07, 6.45) is -0.0599. The second kappa shape index (κ2) is 6.71. The van der Waals surface area contributed by atoms with E-state index in [2.05, 4.69) is 0 Å². The zero-order valence-corrected chi connectivity index (χ0v) is 13.4. The van der Waals surface area contributed by atoms with Crippen LogP contribution < -0.4 is 5.48 Å². The first-order valence-corrected chi connectivity index (χ1v) is 8.40. The first kappa shape index (κ1) is 17.9. The third-order valence-corrected chi connectivity index (χ3v) is 6.85. The number of sulfonamides is 1. The Bertz CT molecular complexity index is 493. The number of likely N-dealkylation sites (tertiary alicyclic amines) is 1. The summed E-state index contributed by atoms with van der Waals surface area (Å²) in [4.78, 5) is 24.9. The number of hydroxylamine groups is 1. The summed E-state index contributed by atoms with van der Waals surface area (Å²) < 4.78 is 25.1. The molecule has 8 nitrogen and oxygen atoms in total. The van der Waals surface area contributed by atoms with Crippen molar-refractivity contribution >= 4 is 21.8 Å². The highest BCUT2D eigenvalue weighted by molar-refractivity contribution is 7.91. The number of amides is 2. The van der Waals surface area contributed by atoms with E-state index in [0.29, 0.717) is 0 Å². The van der Waals surface area contributed by atoms with Crippen LogP contribution >= 0.6 is 0 Å². The van der Waals surface area contributed by atoms with Crippen molar-refractivity contribution in [1.29, 1.82) is 0 Å². The number of nitrogens with zero attached hydrogens (tertiary/aromatic N) is 2. The lowest BCUT2D eigenvalue weighted by molar-refractivity contribution is -0.137. The van der Waals surface area contributed by atoms with Crippen LogP contribution in [0, 0.1) is 0 Å². The average Bonchev–Trinajstić information content (AvgIpc) is 2.47. The van der Waals surface area contributed by atoms with E-state index in [1.807, 2.05) is 0 Å². The van der Waals surface area contributed by atoms with Crippen LogP contribution in [0.3, 0.4) is 0 Å². The molecule has 2 N–H and O–H groups in total. The van der Waals surface area contributed by atoms with E-state index < -0.39 is 20.7 Å². The maximum Gasteiger partial charge on any atom is 0.266 e. The Labute approximate surface area is 125 Å². The molecular weight excluding hydrogens is 298 g/mol. The van der Waals surface area contributed by atoms with Gasteiger partial charge in [0.1, 0.15) is 0 Å². The van der Waals surface area contributed by atoms with Crippen LogP contribution in [0.5, 0.6) is 0 Å². The van der Waals surface area contributed by atoms with Crippen molar-refractivity contribution < 1.29 is 23.2 Å². The molecule has 0 aromatic rings. The molecule has 0 aromatic heterocycles. The first-order valence-electron chi connectivity index (χ1n) is 6.96. The van der Waals surface area contributed by atoms with Gasteiger partial charge >= 0.3 is 0 Å². The number of nitrogens with one attached hydrogen (secondary N) is 1. The third kappa shape index (κ3) is 3.04. The van der Waals surface area contributed by atoms with Crippen LogP contribution in [0.1, 0.15) is 33.6 Å². The Morgan fingerprint density at radius 3 is 2.05 bits per heavy atom. The highest BCUT2D eigenvalue weighted by Crippen LogP contribution is 2.33. The summed E-state index contributed by atoms with van der Waals surface area (Å²) in [5, 5.41) is 8.95. The molecule has 1 saturated heterocycles. The highest BCUT2D eigenvalue weighted by atomic mass is 32.2. The summed E-state index contributed by atoms with van der Waals surface area (Å²) in [6.45, 7) is 5.61. The maximum absolute atomic E-state index is 12.8. The van der Waals surface area contributed by atoms with Gasteiger partial charge < -0.3 is 4.90 Å². The van der Waals surface area contributed by atoms with Crippen LogP contribution in [0.15, 0.2) is 0 Å². The van der Waals surface area contributed by atoms with Gasteiger partial charge in [-0.15, -0.1) is 0 Å². The Morgan fingerprint density at radius 1 is 1.24 bits per heavy atom. The number of hydrogen-bond acceptors (Lipinski definition) is 5. The minimum absolute atomic E-state index is 0.0300. The summed E-state index contributed by atoms with van der Waals surface area (Å²) in [6, 6.07) is 0. The Balaban J connectivity index is 3.19. The molecule has 0 unspecified atom stereocenters. The second-order valence-corrected chi connectivity index (χ2v) is 7.28. The molecule has 122 valence electrons. The molecule has 0 radical (unpaired) electrons. The monoisotopic (exact) mass is 321 g/mol. The maximum atomic E-state index is 12.8. The topological polar surface area (TPSA) is 107 Å². The fraction of sp³-hybridized carbons (Fsp3) is 0.833. The zero-order valence-electron chi connectivity index (χ0n) is 12.6. The van der Waals surface area contributed by atoms with Crippen LogP contribution in [-0.4, -0.2) is 65.6 Å². The van der Waals surface area contributed by atoms with Gasteiger partial charge in [-0.1, -0.05) is 13.8 Å². The molecule has 9 heteroatoms. The molecule has 0 saturated carbocycles. The molecule has 2 amide bonds. The lowest BCUT2D eigenvalue weighted by Gasteiger charge is -2.41. The number of piperidine rings is 1. The lowest BCUT2D eigenvalue weighted by atomic mass is 9.95. The van der Waals surface area contributed by atoms with Gasteiger partial charge in [0.2, 0.25) is 15.9 Å². The van der Waals surface area contributed by atoms with E-state index in [1.54, 1.807) is 13.8 Å². The van der Waals surface area contributed by atoms with E-state index in [9.17, 15) is 18.0 Å². The second-order valence-electron chi connectivity index (χ2n) is 5.03. The number of carbonyl (C=O) groups excluding carboxylic acids is 2. The predicted octanol–water partition coefficient (Wildman–Crippen LogP) is -0.455. The first-order chi connectivity index (χ1) is 9.76. The van der Waals surface area contributed by atoms with Crippen LogP contribution in [-0.2, 0) is 19.6 Å². The van der Waals surface area contributed by atoms with Crippen LogP contribution in [0.25, 0.3) is 0 Å². The molecule has 1 aliphatic rings. The summed E-state index contributed by atoms with van der Waals surface area (Å²) in [5.74, 6) is -1.09. The van der Waals surface area contributed by atoms with Gasteiger partial charge in [-0.05, 0) is 12.8 Å². The van der Waals surface area contributed by atoms with E-state index in [1.165, 1.54) is 21.6 Å². The molecule has 1 heterocycles. The SMILES string of the molecule is CCN(CC)S(=O)(=O)C1(C(=O)NO)CCN(C(C)=O)CC1.